The Hall–Kier alpha value is -1.64. The molecule has 0 bridgehead atoms. The van der Waals surface area contributed by atoms with E-state index in [9.17, 15) is 4.79 Å². The van der Waals surface area contributed by atoms with E-state index in [-0.39, 0.29) is 11.8 Å². The fourth-order valence-corrected chi connectivity index (χ4v) is 3.53. The maximum absolute atomic E-state index is 11.4. The lowest BCUT2D eigenvalue weighted by Crippen LogP contribution is -2.28. The number of hydrazone groups is 1. The first-order chi connectivity index (χ1) is 9.33. The number of nitrogens with one attached hydrogen (secondary N) is 1. The van der Waals surface area contributed by atoms with Crippen LogP contribution in [0.15, 0.2) is 29.4 Å². The van der Waals surface area contributed by atoms with Crippen molar-refractivity contribution in [2.75, 3.05) is 0 Å². The van der Waals surface area contributed by atoms with Gasteiger partial charge in [-0.1, -0.05) is 37.1 Å². The Bertz CT molecular complexity index is 540. The summed E-state index contributed by atoms with van der Waals surface area (Å²) in [5.74, 6) is 1.40. The van der Waals surface area contributed by atoms with Gasteiger partial charge in [-0.2, -0.15) is 5.10 Å². The van der Waals surface area contributed by atoms with Gasteiger partial charge in [-0.3, -0.25) is 4.79 Å². The molecule has 1 aromatic carbocycles. The SMILES string of the molecule is O=C1NN=C(c2ccc(C3CCCC3)cc2)C2CC12. The van der Waals surface area contributed by atoms with Crippen LogP contribution in [0.4, 0.5) is 0 Å². The third kappa shape index (κ3) is 1.88. The highest BCUT2D eigenvalue weighted by Crippen LogP contribution is 2.43. The first kappa shape index (κ1) is 11.2. The summed E-state index contributed by atoms with van der Waals surface area (Å²) in [4.78, 5) is 11.4. The standard InChI is InChI=1S/C16H18N2O/c19-16-14-9-13(14)15(17-18-16)12-7-5-11(6-8-12)10-3-1-2-4-10/h5-8,10,13-14H,1-4,9H2,(H,18,19). The highest BCUT2D eigenvalue weighted by molar-refractivity contribution is 6.09. The van der Waals surface area contributed by atoms with Gasteiger partial charge in [-0.05, 0) is 36.3 Å². The molecule has 2 unspecified atom stereocenters. The number of nitrogens with zero attached hydrogens (tertiary/aromatic N) is 1. The van der Waals surface area contributed by atoms with Gasteiger partial charge in [0.25, 0.3) is 0 Å². The first-order valence-corrected chi connectivity index (χ1v) is 7.31. The molecular formula is C16H18N2O. The fourth-order valence-electron chi connectivity index (χ4n) is 3.53. The topological polar surface area (TPSA) is 41.5 Å². The van der Waals surface area contributed by atoms with E-state index in [0.29, 0.717) is 5.92 Å². The van der Waals surface area contributed by atoms with Crippen LogP contribution in [-0.2, 0) is 4.79 Å². The van der Waals surface area contributed by atoms with E-state index in [1.165, 1.54) is 36.8 Å². The van der Waals surface area contributed by atoms with Crippen LogP contribution >= 0.6 is 0 Å². The number of amides is 1. The van der Waals surface area contributed by atoms with Crippen molar-refractivity contribution in [2.45, 2.75) is 38.0 Å². The Labute approximate surface area is 113 Å². The molecule has 0 saturated heterocycles. The summed E-state index contributed by atoms with van der Waals surface area (Å²) in [6, 6.07) is 8.86. The van der Waals surface area contributed by atoms with Crippen LogP contribution in [0.25, 0.3) is 0 Å². The van der Waals surface area contributed by atoms with Gasteiger partial charge in [0.15, 0.2) is 0 Å². The Morgan fingerprint density at radius 3 is 2.53 bits per heavy atom. The van der Waals surface area contributed by atoms with Crippen LogP contribution in [0.2, 0.25) is 0 Å². The minimum Gasteiger partial charge on any atom is -0.273 e. The molecular weight excluding hydrogens is 236 g/mol. The Balaban J connectivity index is 1.57. The second-order valence-corrected chi connectivity index (χ2v) is 6.03. The molecule has 0 spiro atoms. The van der Waals surface area contributed by atoms with E-state index in [1.54, 1.807) is 0 Å². The maximum atomic E-state index is 11.4. The molecule has 0 radical (unpaired) electrons. The van der Waals surface area contributed by atoms with Gasteiger partial charge in [0, 0.05) is 11.8 Å². The summed E-state index contributed by atoms with van der Waals surface area (Å²) in [5, 5.41) is 4.25. The Kier molecular flexibility index (Phi) is 2.47. The van der Waals surface area contributed by atoms with Gasteiger partial charge in [-0.25, -0.2) is 5.43 Å². The van der Waals surface area contributed by atoms with Gasteiger partial charge in [-0.15, -0.1) is 0 Å². The quantitative estimate of drug-likeness (QED) is 0.866. The van der Waals surface area contributed by atoms with E-state index in [0.717, 1.165) is 18.1 Å². The van der Waals surface area contributed by atoms with Crippen LogP contribution in [-0.4, -0.2) is 11.6 Å². The minimum atomic E-state index is 0.0938. The van der Waals surface area contributed by atoms with E-state index in [4.69, 9.17) is 0 Å². The van der Waals surface area contributed by atoms with Crippen molar-refractivity contribution in [3.05, 3.63) is 35.4 Å². The maximum Gasteiger partial charge on any atom is 0.243 e. The molecule has 19 heavy (non-hydrogen) atoms. The van der Waals surface area contributed by atoms with E-state index in [2.05, 4.69) is 34.8 Å². The third-order valence-corrected chi connectivity index (χ3v) is 4.80. The van der Waals surface area contributed by atoms with Gasteiger partial charge in [0.05, 0.1) is 5.71 Å². The zero-order chi connectivity index (χ0) is 12.8. The molecule has 2 saturated carbocycles. The fraction of sp³-hybridized carbons (Fsp3) is 0.500. The lowest BCUT2D eigenvalue weighted by atomic mass is 9.95. The zero-order valence-corrected chi connectivity index (χ0v) is 10.9. The van der Waals surface area contributed by atoms with Gasteiger partial charge < -0.3 is 0 Å². The normalized spacial score (nSPS) is 29.7. The summed E-state index contributed by atoms with van der Waals surface area (Å²) < 4.78 is 0. The van der Waals surface area contributed by atoms with Crippen LogP contribution < -0.4 is 5.43 Å². The molecule has 3 aliphatic rings. The molecule has 1 aromatic rings. The van der Waals surface area contributed by atoms with Crippen molar-refractivity contribution in [1.82, 2.24) is 5.43 Å². The van der Waals surface area contributed by atoms with Crippen molar-refractivity contribution in [1.29, 1.82) is 0 Å². The number of carbonyl (C=O) groups excluding carboxylic acids is 1. The summed E-state index contributed by atoms with van der Waals surface area (Å²) in [6.07, 6.45) is 6.38. The molecule has 1 amide bonds. The van der Waals surface area contributed by atoms with E-state index in [1.807, 2.05) is 0 Å². The van der Waals surface area contributed by atoms with E-state index < -0.39 is 0 Å². The van der Waals surface area contributed by atoms with E-state index >= 15 is 0 Å². The number of fused-ring (bicyclic) bond motifs is 1. The van der Waals surface area contributed by atoms with Crippen LogP contribution in [0, 0.1) is 11.8 Å². The van der Waals surface area contributed by atoms with Gasteiger partial charge >= 0.3 is 0 Å². The molecule has 2 atom stereocenters. The molecule has 3 nitrogen and oxygen atoms in total. The molecule has 2 aliphatic carbocycles. The number of hydrogen-bond donors (Lipinski definition) is 1. The van der Waals surface area contributed by atoms with Crippen molar-refractivity contribution in [3.63, 3.8) is 0 Å². The van der Waals surface area contributed by atoms with Crippen molar-refractivity contribution in [3.8, 4) is 0 Å². The third-order valence-electron chi connectivity index (χ3n) is 4.80. The highest BCUT2D eigenvalue weighted by atomic mass is 16.2. The lowest BCUT2D eigenvalue weighted by molar-refractivity contribution is -0.122. The van der Waals surface area contributed by atoms with Crippen LogP contribution in [0.5, 0.6) is 0 Å². The monoisotopic (exact) mass is 254 g/mol. The Morgan fingerprint density at radius 1 is 1.05 bits per heavy atom. The molecule has 98 valence electrons. The predicted octanol–water partition coefficient (Wildman–Crippen LogP) is 2.81. The number of benzene rings is 1. The first-order valence-electron chi connectivity index (χ1n) is 7.31. The van der Waals surface area contributed by atoms with Crippen molar-refractivity contribution < 1.29 is 4.79 Å². The number of rotatable bonds is 2. The van der Waals surface area contributed by atoms with Gasteiger partial charge in [0.2, 0.25) is 5.91 Å². The van der Waals surface area contributed by atoms with Crippen molar-refractivity contribution >= 4 is 11.6 Å². The number of carbonyl (C=O) groups is 1. The average Bonchev–Trinajstić information content (AvgIpc) is 3.07. The molecule has 1 aliphatic heterocycles. The lowest BCUT2D eigenvalue weighted by Gasteiger charge is -2.13. The van der Waals surface area contributed by atoms with Crippen LogP contribution in [0.1, 0.15) is 49.1 Å². The second-order valence-electron chi connectivity index (χ2n) is 6.03. The molecule has 3 heteroatoms. The van der Waals surface area contributed by atoms with Crippen LogP contribution in [0.3, 0.4) is 0 Å². The molecule has 4 rings (SSSR count). The Morgan fingerprint density at radius 2 is 1.79 bits per heavy atom. The molecule has 2 fully saturated rings. The smallest absolute Gasteiger partial charge is 0.243 e. The highest BCUT2D eigenvalue weighted by Gasteiger charge is 2.49. The summed E-state index contributed by atoms with van der Waals surface area (Å²) in [5.41, 5.74) is 6.35. The summed E-state index contributed by atoms with van der Waals surface area (Å²) >= 11 is 0. The molecule has 1 N–H and O–H groups in total. The minimum absolute atomic E-state index is 0.0938. The largest absolute Gasteiger partial charge is 0.273 e. The summed E-state index contributed by atoms with van der Waals surface area (Å²) in [7, 11) is 0. The van der Waals surface area contributed by atoms with Crippen molar-refractivity contribution in [2.24, 2.45) is 16.9 Å². The zero-order valence-electron chi connectivity index (χ0n) is 10.9. The average molecular weight is 254 g/mol. The summed E-state index contributed by atoms with van der Waals surface area (Å²) in [6.45, 7) is 0. The predicted molar refractivity (Wildman–Crippen MR) is 73.9 cm³/mol. The number of hydrogen-bond acceptors (Lipinski definition) is 2. The van der Waals surface area contributed by atoms with Gasteiger partial charge in [0.1, 0.15) is 0 Å². The second kappa shape index (κ2) is 4.19. The molecule has 0 aromatic heterocycles. The molecule has 1 heterocycles.